The van der Waals surface area contributed by atoms with Gasteiger partial charge >= 0.3 is 0 Å². The number of guanidine groups is 1. The largest absolute Gasteiger partial charge is 0.497 e. The van der Waals surface area contributed by atoms with E-state index in [1.54, 1.807) is 33.2 Å². The Morgan fingerprint density at radius 2 is 1.77 bits per heavy atom. The van der Waals surface area contributed by atoms with Crippen LogP contribution >= 0.6 is 24.0 Å². The summed E-state index contributed by atoms with van der Waals surface area (Å²) in [6, 6.07) is 16.0. The van der Waals surface area contributed by atoms with Crippen LogP contribution in [0.5, 0.6) is 5.75 Å². The van der Waals surface area contributed by atoms with Gasteiger partial charge in [-0.25, -0.2) is 0 Å². The van der Waals surface area contributed by atoms with Crippen molar-refractivity contribution in [1.29, 1.82) is 0 Å². The summed E-state index contributed by atoms with van der Waals surface area (Å²) in [5, 5.41) is 6.72. The van der Waals surface area contributed by atoms with Crippen LogP contribution in [0.3, 0.4) is 0 Å². The number of ether oxygens (including phenoxy) is 1. The summed E-state index contributed by atoms with van der Waals surface area (Å²) >= 11 is 0. The zero-order valence-electron chi connectivity index (χ0n) is 19.1. The van der Waals surface area contributed by atoms with E-state index in [0.717, 1.165) is 43.2 Å². The molecule has 0 aliphatic heterocycles. The number of hydrogen-bond acceptors (Lipinski definition) is 3. The Labute approximate surface area is 203 Å². The molecule has 0 bridgehead atoms. The van der Waals surface area contributed by atoms with Crippen LogP contribution in [0.25, 0.3) is 0 Å². The second-order valence-corrected chi connectivity index (χ2v) is 7.54. The number of hydrogen-bond donors (Lipinski definition) is 2. The minimum absolute atomic E-state index is 0. The van der Waals surface area contributed by atoms with Gasteiger partial charge in [0.25, 0.3) is 5.91 Å². The number of halogens is 1. The molecule has 0 spiro atoms. The lowest BCUT2D eigenvalue weighted by molar-refractivity contribution is 0.0827. The molecule has 170 valence electrons. The zero-order valence-corrected chi connectivity index (χ0v) is 21.5. The van der Waals surface area contributed by atoms with Gasteiger partial charge in [0.1, 0.15) is 5.75 Å². The molecule has 2 rings (SSSR count). The van der Waals surface area contributed by atoms with E-state index in [9.17, 15) is 4.79 Å². The molecule has 2 N–H and O–H groups in total. The summed E-state index contributed by atoms with van der Waals surface area (Å²) in [7, 11) is 6.99. The minimum atomic E-state index is 0. The molecular weight excluding hydrogens is 503 g/mol. The highest BCUT2D eigenvalue weighted by atomic mass is 127. The highest BCUT2D eigenvalue weighted by molar-refractivity contribution is 14.0. The van der Waals surface area contributed by atoms with Gasteiger partial charge in [0, 0.05) is 39.8 Å². The predicted molar refractivity (Wildman–Crippen MR) is 139 cm³/mol. The zero-order chi connectivity index (χ0) is 21.9. The van der Waals surface area contributed by atoms with Crippen molar-refractivity contribution in [1.82, 2.24) is 15.5 Å². The number of rotatable bonds is 9. The third-order valence-corrected chi connectivity index (χ3v) is 5.06. The first-order valence-electron chi connectivity index (χ1n) is 10.3. The molecule has 0 aliphatic carbocycles. The first kappa shape index (κ1) is 26.7. The van der Waals surface area contributed by atoms with Crippen molar-refractivity contribution in [2.45, 2.75) is 25.7 Å². The number of carbonyl (C=O) groups is 1. The minimum Gasteiger partial charge on any atom is -0.497 e. The lowest BCUT2D eigenvalue weighted by Gasteiger charge is -2.16. The van der Waals surface area contributed by atoms with Gasteiger partial charge in [0.05, 0.1) is 7.11 Å². The molecule has 1 unspecified atom stereocenters. The third kappa shape index (κ3) is 8.77. The van der Waals surface area contributed by atoms with E-state index in [4.69, 9.17) is 4.74 Å². The van der Waals surface area contributed by atoms with Crippen molar-refractivity contribution in [3.63, 3.8) is 0 Å². The Bertz CT molecular complexity index is 838. The molecule has 1 atom stereocenters. The van der Waals surface area contributed by atoms with E-state index >= 15 is 0 Å². The third-order valence-electron chi connectivity index (χ3n) is 5.06. The van der Waals surface area contributed by atoms with Crippen LogP contribution in [0.2, 0.25) is 0 Å². The van der Waals surface area contributed by atoms with Crippen LogP contribution in [-0.4, -0.2) is 58.1 Å². The van der Waals surface area contributed by atoms with Gasteiger partial charge < -0.3 is 20.3 Å². The van der Waals surface area contributed by atoms with Gasteiger partial charge in [0.15, 0.2) is 5.96 Å². The van der Waals surface area contributed by atoms with E-state index in [1.165, 1.54) is 5.56 Å². The number of aliphatic imine (C=N–C) groups is 1. The number of carbonyl (C=O) groups excluding carboxylic acids is 1. The fourth-order valence-electron chi connectivity index (χ4n) is 3.17. The lowest BCUT2D eigenvalue weighted by Crippen LogP contribution is -2.39. The molecule has 2 aromatic carbocycles. The maximum absolute atomic E-state index is 12.1. The van der Waals surface area contributed by atoms with Crippen molar-refractivity contribution in [2.24, 2.45) is 4.99 Å². The number of benzene rings is 2. The summed E-state index contributed by atoms with van der Waals surface area (Å²) in [6.07, 6.45) is 1.82. The average molecular weight is 538 g/mol. The Balaban J connectivity index is 0.00000480. The second kappa shape index (κ2) is 13.9. The van der Waals surface area contributed by atoms with Crippen LogP contribution in [0.4, 0.5) is 0 Å². The van der Waals surface area contributed by atoms with E-state index in [1.807, 2.05) is 36.4 Å². The molecule has 7 heteroatoms. The molecule has 0 aromatic heterocycles. The Hall–Kier alpha value is -2.29. The van der Waals surface area contributed by atoms with E-state index < -0.39 is 0 Å². The van der Waals surface area contributed by atoms with Crippen LogP contribution in [-0.2, 0) is 6.42 Å². The van der Waals surface area contributed by atoms with Gasteiger partial charge in [-0.2, -0.15) is 0 Å². The average Bonchev–Trinajstić information content (AvgIpc) is 2.77. The maximum atomic E-state index is 12.1. The van der Waals surface area contributed by atoms with Crippen LogP contribution in [0, 0.1) is 0 Å². The summed E-state index contributed by atoms with van der Waals surface area (Å²) < 4.78 is 5.22. The van der Waals surface area contributed by atoms with Gasteiger partial charge in [-0.05, 0) is 54.2 Å². The van der Waals surface area contributed by atoms with E-state index in [0.29, 0.717) is 11.5 Å². The predicted octanol–water partition coefficient (Wildman–Crippen LogP) is 3.92. The van der Waals surface area contributed by atoms with E-state index in [-0.39, 0.29) is 29.9 Å². The smallest absolute Gasteiger partial charge is 0.253 e. The summed E-state index contributed by atoms with van der Waals surface area (Å²) in [5.74, 6) is 2.13. The van der Waals surface area contributed by atoms with Crippen LogP contribution in [0.15, 0.2) is 53.5 Å². The SMILES string of the molecule is CN=C(NCCc1cccc(C(=O)N(C)C)c1)NCCC(C)c1ccc(OC)cc1.I. The van der Waals surface area contributed by atoms with Gasteiger partial charge in [-0.1, -0.05) is 31.2 Å². The highest BCUT2D eigenvalue weighted by Crippen LogP contribution is 2.21. The van der Waals surface area contributed by atoms with Crippen molar-refractivity contribution < 1.29 is 9.53 Å². The summed E-state index contributed by atoms with van der Waals surface area (Å²) in [6.45, 7) is 3.80. The van der Waals surface area contributed by atoms with Crippen LogP contribution in [0.1, 0.15) is 40.7 Å². The fourth-order valence-corrected chi connectivity index (χ4v) is 3.17. The van der Waals surface area contributed by atoms with Crippen molar-refractivity contribution in [2.75, 3.05) is 41.3 Å². The molecule has 0 radical (unpaired) electrons. The maximum Gasteiger partial charge on any atom is 0.253 e. The first-order chi connectivity index (χ1) is 14.4. The number of methoxy groups -OCH3 is 1. The quantitative estimate of drug-likeness (QED) is 0.289. The molecule has 1 amide bonds. The van der Waals surface area contributed by atoms with Crippen molar-refractivity contribution in [3.05, 3.63) is 65.2 Å². The molecule has 2 aromatic rings. The topological polar surface area (TPSA) is 66.0 Å². The van der Waals surface area contributed by atoms with Gasteiger partial charge in [-0.3, -0.25) is 9.79 Å². The number of nitrogens with one attached hydrogen (secondary N) is 2. The molecule has 0 saturated carbocycles. The lowest BCUT2D eigenvalue weighted by atomic mass is 9.98. The standard InChI is InChI=1S/C24H34N4O2.HI/c1-18(20-9-11-22(30-5)12-10-20)13-15-26-24(25-2)27-16-14-19-7-6-8-21(17-19)23(29)28(3)4;/h6-12,17-18H,13-16H2,1-5H3,(H2,25,26,27);1H. The molecule has 6 nitrogen and oxygen atoms in total. The van der Waals surface area contributed by atoms with Crippen molar-refractivity contribution >= 4 is 35.8 Å². The molecule has 0 fully saturated rings. The number of amides is 1. The van der Waals surface area contributed by atoms with E-state index in [2.05, 4.69) is 34.7 Å². The summed E-state index contributed by atoms with van der Waals surface area (Å²) in [5.41, 5.74) is 3.14. The van der Waals surface area contributed by atoms with Crippen molar-refractivity contribution in [3.8, 4) is 5.75 Å². The number of nitrogens with zero attached hydrogens (tertiary/aromatic N) is 2. The highest BCUT2D eigenvalue weighted by Gasteiger charge is 2.09. The Kier molecular flexibility index (Phi) is 12.0. The molecule has 0 aliphatic rings. The van der Waals surface area contributed by atoms with Crippen LogP contribution < -0.4 is 15.4 Å². The van der Waals surface area contributed by atoms with Gasteiger partial charge in [-0.15, -0.1) is 24.0 Å². The summed E-state index contributed by atoms with van der Waals surface area (Å²) in [4.78, 5) is 18.0. The molecule has 0 saturated heterocycles. The second-order valence-electron chi connectivity index (χ2n) is 7.54. The Morgan fingerprint density at radius 3 is 2.39 bits per heavy atom. The Morgan fingerprint density at radius 1 is 1.10 bits per heavy atom. The first-order valence-corrected chi connectivity index (χ1v) is 10.3. The normalized spacial score (nSPS) is 11.8. The molecule has 0 heterocycles. The molecular formula is C24H35IN4O2. The monoisotopic (exact) mass is 538 g/mol. The molecule has 31 heavy (non-hydrogen) atoms. The fraction of sp³-hybridized carbons (Fsp3) is 0.417. The van der Waals surface area contributed by atoms with Gasteiger partial charge in [0.2, 0.25) is 0 Å².